The van der Waals surface area contributed by atoms with Gasteiger partial charge < -0.3 is 14.5 Å². The zero-order valence-corrected chi connectivity index (χ0v) is 15.7. The Kier molecular flexibility index (Phi) is 4.35. The summed E-state index contributed by atoms with van der Waals surface area (Å²) in [5, 5.41) is 0. The van der Waals surface area contributed by atoms with E-state index in [-0.39, 0.29) is 12.0 Å². The van der Waals surface area contributed by atoms with Crippen molar-refractivity contribution < 1.29 is 9.53 Å². The van der Waals surface area contributed by atoms with Crippen LogP contribution in [-0.4, -0.2) is 57.5 Å². The maximum Gasteiger partial charge on any atom is 0.271 e. The molecule has 2 aliphatic rings. The second kappa shape index (κ2) is 7.14. The van der Waals surface area contributed by atoms with Gasteiger partial charge >= 0.3 is 0 Å². The standard InChI is InChI=1S/C21H23N5O2/c27-21(17-5-3-7-19-22-10-14-26(17)19)25-13-8-16(15-25)28-18-6-4-9-23-20(18)24-11-1-2-12-24/h3-7,9-10,14,16H,1-2,8,11-13,15H2/t16-/m1/s1. The molecule has 5 rings (SSSR count). The Hall–Kier alpha value is -3.09. The second-order valence-electron chi connectivity index (χ2n) is 7.37. The Balaban J connectivity index is 1.30. The second-order valence-corrected chi connectivity index (χ2v) is 7.37. The van der Waals surface area contributed by atoms with Crippen LogP contribution in [0.1, 0.15) is 29.8 Å². The number of amides is 1. The number of imidazole rings is 1. The third-order valence-electron chi connectivity index (χ3n) is 5.53. The molecule has 28 heavy (non-hydrogen) atoms. The van der Waals surface area contributed by atoms with Gasteiger partial charge in [0.15, 0.2) is 11.6 Å². The van der Waals surface area contributed by atoms with Gasteiger partial charge in [-0.25, -0.2) is 9.97 Å². The fourth-order valence-corrected chi connectivity index (χ4v) is 4.11. The molecule has 7 heteroatoms. The molecule has 1 atom stereocenters. The molecule has 0 aromatic carbocycles. The van der Waals surface area contributed by atoms with Gasteiger partial charge in [0.2, 0.25) is 0 Å². The molecule has 5 heterocycles. The van der Waals surface area contributed by atoms with Crippen LogP contribution in [-0.2, 0) is 0 Å². The van der Waals surface area contributed by atoms with E-state index in [1.54, 1.807) is 6.20 Å². The number of likely N-dealkylation sites (tertiary alicyclic amines) is 1. The highest BCUT2D eigenvalue weighted by atomic mass is 16.5. The number of nitrogens with zero attached hydrogens (tertiary/aromatic N) is 5. The van der Waals surface area contributed by atoms with Gasteiger partial charge in [-0.05, 0) is 37.1 Å². The van der Waals surface area contributed by atoms with Crippen LogP contribution < -0.4 is 9.64 Å². The van der Waals surface area contributed by atoms with Crippen molar-refractivity contribution in [2.24, 2.45) is 0 Å². The topological polar surface area (TPSA) is 63.0 Å². The van der Waals surface area contributed by atoms with Crippen molar-refractivity contribution in [2.75, 3.05) is 31.1 Å². The van der Waals surface area contributed by atoms with Gasteiger partial charge in [-0.1, -0.05) is 6.07 Å². The third kappa shape index (κ3) is 3.06. The molecule has 0 spiro atoms. The van der Waals surface area contributed by atoms with Crippen molar-refractivity contribution in [3.8, 4) is 5.75 Å². The molecule has 2 fully saturated rings. The predicted molar refractivity (Wildman–Crippen MR) is 106 cm³/mol. The molecule has 2 saturated heterocycles. The minimum Gasteiger partial charge on any atom is -0.485 e. The minimum atomic E-state index is -0.0171. The van der Waals surface area contributed by atoms with E-state index in [0.717, 1.165) is 36.7 Å². The highest BCUT2D eigenvalue weighted by molar-refractivity contribution is 5.93. The van der Waals surface area contributed by atoms with Crippen molar-refractivity contribution in [3.63, 3.8) is 0 Å². The zero-order chi connectivity index (χ0) is 18.9. The number of carbonyl (C=O) groups is 1. The first kappa shape index (κ1) is 17.0. The third-order valence-corrected chi connectivity index (χ3v) is 5.53. The van der Waals surface area contributed by atoms with E-state index in [2.05, 4.69) is 14.9 Å². The summed E-state index contributed by atoms with van der Waals surface area (Å²) in [6.45, 7) is 3.32. The molecule has 0 saturated carbocycles. The SMILES string of the molecule is O=C(c1cccc2nccn12)N1CC[C@@H](Oc2cccnc2N2CCCC2)C1. The molecular weight excluding hydrogens is 354 g/mol. The number of carbonyl (C=O) groups excluding carboxylic acids is 1. The largest absolute Gasteiger partial charge is 0.485 e. The molecule has 3 aromatic heterocycles. The van der Waals surface area contributed by atoms with Crippen molar-refractivity contribution in [1.82, 2.24) is 19.3 Å². The quantitative estimate of drug-likeness (QED) is 0.699. The number of rotatable bonds is 4. The fourth-order valence-electron chi connectivity index (χ4n) is 4.11. The number of anilines is 1. The van der Waals surface area contributed by atoms with Gasteiger partial charge in [-0.3, -0.25) is 9.20 Å². The first-order valence-corrected chi connectivity index (χ1v) is 9.87. The summed E-state index contributed by atoms with van der Waals surface area (Å²) in [6.07, 6.45) is 8.55. The van der Waals surface area contributed by atoms with Gasteiger partial charge in [0.1, 0.15) is 17.4 Å². The lowest BCUT2D eigenvalue weighted by atomic mass is 10.3. The molecule has 0 bridgehead atoms. The number of pyridine rings is 2. The number of hydrogen-bond acceptors (Lipinski definition) is 5. The average molecular weight is 377 g/mol. The Bertz CT molecular complexity index is 995. The summed E-state index contributed by atoms with van der Waals surface area (Å²) in [5.41, 5.74) is 1.42. The van der Waals surface area contributed by atoms with Gasteiger partial charge in [0.25, 0.3) is 5.91 Å². The Morgan fingerprint density at radius 1 is 1.04 bits per heavy atom. The van der Waals surface area contributed by atoms with Crippen LogP contribution >= 0.6 is 0 Å². The lowest BCUT2D eigenvalue weighted by Crippen LogP contribution is -2.32. The van der Waals surface area contributed by atoms with Gasteiger partial charge in [-0.15, -0.1) is 0 Å². The monoisotopic (exact) mass is 377 g/mol. The van der Waals surface area contributed by atoms with Crippen molar-refractivity contribution in [2.45, 2.75) is 25.4 Å². The zero-order valence-electron chi connectivity index (χ0n) is 15.7. The maximum atomic E-state index is 13.0. The van der Waals surface area contributed by atoms with Crippen LogP contribution in [0.2, 0.25) is 0 Å². The molecule has 0 radical (unpaired) electrons. The lowest BCUT2D eigenvalue weighted by Gasteiger charge is -2.22. The average Bonchev–Trinajstić information content (AvgIpc) is 3.48. The molecule has 3 aromatic rings. The molecule has 0 aliphatic carbocycles. The van der Waals surface area contributed by atoms with Crippen LogP contribution in [0.15, 0.2) is 48.9 Å². The van der Waals surface area contributed by atoms with E-state index >= 15 is 0 Å². The van der Waals surface area contributed by atoms with Crippen LogP contribution in [0.3, 0.4) is 0 Å². The molecule has 144 valence electrons. The summed E-state index contributed by atoms with van der Waals surface area (Å²) >= 11 is 0. The molecule has 0 unspecified atom stereocenters. The summed E-state index contributed by atoms with van der Waals surface area (Å²) < 4.78 is 8.13. The smallest absolute Gasteiger partial charge is 0.271 e. The van der Waals surface area contributed by atoms with Crippen molar-refractivity contribution >= 4 is 17.4 Å². The minimum absolute atomic E-state index is 0.0145. The van der Waals surface area contributed by atoms with Gasteiger partial charge in [-0.2, -0.15) is 0 Å². The number of ether oxygens (including phenoxy) is 1. The highest BCUT2D eigenvalue weighted by Gasteiger charge is 2.30. The van der Waals surface area contributed by atoms with E-state index in [4.69, 9.17) is 4.74 Å². The van der Waals surface area contributed by atoms with E-state index in [9.17, 15) is 4.79 Å². The Labute approximate surface area is 163 Å². The van der Waals surface area contributed by atoms with Crippen LogP contribution in [0.4, 0.5) is 5.82 Å². The van der Waals surface area contributed by atoms with Crippen molar-refractivity contribution in [1.29, 1.82) is 0 Å². The molecular formula is C21H23N5O2. The summed E-state index contributed by atoms with van der Waals surface area (Å²) in [7, 11) is 0. The van der Waals surface area contributed by atoms with E-state index in [0.29, 0.717) is 18.8 Å². The number of hydrogen-bond donors (Lipinski definition) is 0. The molecule has 2 aliphatic heterocycles. The summed E-state index contributed by atoms with van der Waals surface area (Å²) in [5.74, 6) is 1.76. The van der Waals surface area contributed by atoms with Crippen LogP contribution in [0.5, 0.6) is 5.75 Å². The first-order chi connectivity index (χ1) is 13.8. The predicted octanol–water partition coefficient (Wildman–Crippen LogP) is 2.62. The fraction of sp³-hybridized carbons (Fsp3) is 0.381. The van der Waals surface area contributed by atoms with Gasteiger partial charge in [0, 0.05) is 44.6 Å². The normalized spacial score (nSPS) is 19.5. The lowest BCUT2D eigenvalue weighted by molar-refractivity contribution is 0.0765. The van der Waals surface area contributed by atoms with Crippen LogP contribution in [0, 0.1) is 0 Å². The molecule has 7 nitrogen and oxygen atoms in total. The summed E-state index contributed by atoms with van der Waals surface area (Å²) in [6, 6.07) is 9.51. The van der Waals surface area contributed by atoms with Crippen molar-refractivity contribution in [3.05, 3.63) is 54.6 Å². The van der Waals surface area contributed by atoms with E-state index in [1.807, 2.05) is 52.0 Å². The van der Waals surface area contributed by atoms with E-state index < -0.39 is 0 Å². The Morgan fingerprint density at radius 3 is 2.82 bits per heavy atom. The van der Waals surface area contributed by atoms with Gasteiger partial charge in [0.05, 0.1) is 6.54 Å². The van der Waals surface area contributed by atoms with E-state index in [1.165, 1.54) is 12.8 Å². The Morgan fingerprint density at radius 2 is 1.93 bits per heavy atom. The molecule has 1 amide bonds. The molecule has 0 N–H and O–H groups in total. The highest BCUT2D eigenvalue weighted by Crippen LogP contribution is 2.30. The number of aromatic nitrogens is 3. The summed E-state index contributed by atoms with van der Waals surface area (Å²) in [4.78, 5) is 26.0. The van der Waals surface area contributed by atoms with Crippen LogP contribution in [0.25, 0.3) is 5.65 Å². The maximum absolute atomic E-state index is 13.0. The first-order valence-electron chi connectivity index (χ1n) is 9.87. The number of fused-ring (bicyclic) bond motifs is 1.